The molecule has 1 heterocycles. The zero-order valence-corrected chi connectivity index (χ0v) is 11.3. The Morgan fingerprint density at radius 3 is 2.58 bits per heavy atom. The van der Waals surface area contributed by atoms with Gasteiger partial charge in [-0.2, -0.15) is 0 Å². The highest BCUT2D eigenvalue weighted by atomic mass is 16.3. The number of hydrogen-bond donors (Lipinski definition) is 2. The van der Waals surface area contributed by atoms with Crippen LogP contribution in [-0.4, -0.2) is 17.8 Å². The summed E-state index contributed by atoms with van der Waals surface area (Å²) < 4.78 is 5.32. The normalized spacial score (nSPS) is 14.2. The summed E-state index contributed by atoms with van der Waals surface area (Å²) in [6.07, 6.45) is 3.60. The second-order valence-electron chi connectivity index (χ2n) is 4.83. The number of benzene rings is 1. The van der Waals surface area contributed by atoms with Gasteiger partial charge < -0.3 is 14.8 Å². The molecule has 0 aliphatic rings. The van der Waals surface area contributed by atoms with Gasteiger partial charge in [0.2, 0.25) is 0 Å². The summed E-state index contributed by atoms with van der Waals surface area (Å²) in [4.78, 5) is 0. The van der Waals surface area contributed by atoms with Crippen LogP contribution in [0, 0.1) is 0 Å². The molecule has 0 saturated heterocycles. The molecule has 1 aromatic carbocycles. The van der Waals surface area contributed by atoms with E-state index in [2.05, 4.69) is 12.2 Å². The van der Waals surface area contributed by atoms with Gasteiger partial charge in [-0.1, -0.05) is 30.3 Å². The fourth-order valence-corrected chi connectivity index (χ4v) is 2.18. The Kier molecular flexibility index (Phi) is 5.19. The van der Waals surface area contributed by atoms with Crippen LogP contribution in [0.2, 0.25) is 0 Å². The van der Waals surface area contributed by atoms with Crippen molar-refractivity contribution < 1.29 is 9.52 Å². The highest BCUT2D eigenvalue weighted by Gasteiger charge is 2.13. The topological polar surface area (TPSA) is 45.4 Å². The van der Waals surface area contributed by atoms with Crippen LogP contribution < -0.4 is 5.32 Å². The first-order chi connectivity index (χ1) is 9.29. The highest BCUT2D eigenvalue weighted by molar-refractivity contribution is 5.19. The molecule has 0 radical (unpaired) electrons. The summed E-state index contributed by atoms with van der Waals surface area (Å²) in [5.74, 6) is 1.01. The summed E-state index contributed by atoms with van der Waals surface area (Å²) in [5, 5.41) is 13.0. The van der Waals surface area contributed by atoms with E-state index in [-0.39, 0.29) is 12.6 Å². The molecule has 0 bridgehead atoms. The number of aryl methyl sites for hydroxylation is 1. The Balaban J connectivity index is 1.84. The first-order valence-electron chi connectivity index (χ1n) is 6.74. The first kappa shape index (κ1) is 13.8. The van der Waals surface area contributed by atoms with Crippen molar-refractivity contribution in [3.63, 3.8) is 0 Å². The van der Waals surface area contributed by atoms with E-state index >= 15 is 0 Å². The van der Waals surface area contributed by atoms with Gasteiger partial charge in [0.1, 0.15) is 5.76 Å². The minimum absolute atomic E-state index is 0.00667. The van der Waals surface area contributed by atoms with Crippen molar-refractivity contribution in [2.45, 2.75) is 31.8 Å². The number of rotatable bonds is 7. The SMILES string of the molecule is CC(CCc1ccco1)N[C@@H](CO)c1ccccc1. The Morgan fingerprint density at radius 1 is 1.16 bits per heavy atom. The molecule has 0 amide bonds. The Hall–Kier alpha value is -1.58. The lowest BCUT2D eigenvalue weighted by atomic mass is 10.1. The fourth-order valence-electron chi connectivity index (χ4n) is 2.18. The zero-order valence-electron chi connectivity index (χ0n) is 11.3. The lowest BCUT2D eigenvalue weighted by Crippen LogP contribution is -2.33. The third-order valence-electron chi connectivity index (χ3n) is 3.27. The molecular formula is C16H21NO2. The molecule has 102 valence electrons. The largest absolute Gasteiger partial charge is 0.469 e. The van der Waals surface area contributed by atoms with Crippen LogP contribution in [0.3, 0.4) is 0 Å². The van der Waals surface area contributed by atoms with Gasteiger partial charge in [0.15, 0.2) is 0 Å². The van der Waals surface area contributed by atoms with Gasteiger partial charge in [-0.15, -0.1) is 0 Å². The van der Waals surface area contributed by atoms with Gasteiger partial charge in [-0.3, -0.25) is 0 Å². The third-order valence-corrected chi connectivity index (χ3v) is 3.27. The molecule has 19 heavy (non-hydrogen) atoms. The standard InChI is InChI=1S/C16H21NO2/c1-13(9-10-15-8-5-11-19-15)17-16(12-18)14-6-3-2-4-7-14/h2-8,11,13,16-18H,9-10,12H2,1H3/t13?,16-/m0/s1. The molecule has 2 atom stereocenters. The third kappa shape index (κ3) is 4.23. The molecule has 0 fully saturated rings. The number of aliphatic hydroxyl groups excluding tert-OH is 1. The van der Waals surface area contributed by atoms with Gasteiger partial charge in [0.05, 0.1) is 18.9 Å². The van der Waals surface area contributed by atoms with Gasteiger partial charge >= 0.3 is 0 Å². The number of furan rings is 1. The summed E-state index contributed by atoms with van der Waals surface area (Å²) in [6.45, 7) is 2.24. The number of aliphatic hydroxyl groups is 1. The number of hydrogen-bond acceptors (Lipinski definition) is 3. The molecule has 0 spiro atoms. The van der Waals surface area contributed by atoms with Crippen LogP contribution in [0.4, 0.5) is 0 Å². The van der Waals surface area contributed by atoms with Crippen molar-refractivity contribution in [1.29, 1.82) is 0 Å². The van der Waals surface area contributed by atoms with Crippen LogP contribution >= 0.6 is 0 Å². The molecule has 3 heteroatoms. The second-order valence-corrected chi connectivity index (χ2v) is 4.83. The van der Waals surface area contributed by atoms with Crippen molar-refractivity contribution in [2.24, 2.45) is 0 Å². The summed E-state index contributed by atoms with van der Waals surface area (Å²) in [5.41, 5.74) is 1.12. The molecule has 1 aromatic heterocycles. The van der Waals surface area contributed by atoms with Crippen LogP contribution in [0.15, 0.2) is 53.1 Å². The van der Waals surface area contributed by atoms with E-state index < -0.39 is 0 Å². The van der Waals surface area contributed by atoms with Crippen LogP contribution in [-0.2, 0) is 6.42 Å². The predicted molar refractivity (Wildman–Crippen MR) is 75.9 cm³/mol. The van der Waals surface area contributed by atoms with Gasteiger partial charge in [-0.25, -0.2) is 0 Å². The maximum Gasteiger partial charge on any atom is 0.103 e. The smallest absolute Gasteiger partial charge is 0.103 e. The van der Waals surface area contributed by atoms with E-state index in [1.807, 2.05) is 42.5 Å². The molecule has 0 aliphatic heterocycles. The van der Waals surface area contributed by atoms with Crippen molar-refractivity contribution in [2.75, 3.05) is 6.61 Å². The van der Waals surface area contributed by atoms with E-state index in [9.17, 15) is 5.11 Å². The molecule has 3 nitrogen and oxygen atoms in total. The maximum absolute atomic E-state index is 9.50. The van der Waals surface area contributed by atoms with Crippen molar-refractivity contribution in [1.82, 2.24) is 5.32 Å². The van der Waals surface area contributed by atoms with Crippen molar-refractivity contribution >= 4 is 0 Å². The fraction of sp³-hybridized carbons (Fsp3) is 0.375. The molecule has 0 aliphatic carbocycles. The first-order valence-corrected chi connectivity index (χ1v) is 6.74. The average molecular weight is 259 g/mol. The van der Waals surface area contributed by atoms with E-state index in [1.165, 1.54) is 0 Å². The lowest BCUT2D eigenvalue weighted by molar-refractivity contribution is 0.232. The second kappa shape index (κ2) is 7.12. The summed E-state index contributed by atoms with van der Waals surface area (Å²) >= 11 is 0. The zero-order chi connectivity index (χ0) is 13.5. The molecule has 2 aromatic rings. The van der Waals surface area contributed by atoms with Crippen LogP contribution in [0.1, 0.15) is 30.7 Å². The lowest BCUT2D eigenvalue weighted by Gasteiger charge is -2.21. The van der Waals surface area contributed by atoms with Crippen molar-refractivity contribution in [3.05, 3.63) is 60.1 Å². The quantitative estimate of drug-likeness (QED) is 0.803. The van der Waals surface area contributed by atoms with E-state index in [0.29, 0.717) is 6.04 Å². The number of nitrogens with one attached hydrogen (secondary N) is 1. The minimum atomic E-state index is -0.00667. The summed E-state index contributed by atoms with van der Waals surface area (Å²) in [6, 6.07) is 14.3. The monoisotopic (exact) mass is 259 g/mol. The maximum atomic E-state index is 9.50. The predicted octanol–water partition coefficient (Wildman–Crippen LogP) is 2.92. The molecule has 0 saturated carbocycles. The van der Waals surface area contributed by atoms with Crippen LogP contribution in [0.25, 0.3) is 0 Å². The minimum Gasteiger partial charge on any atom is -0.469 e. The van der Waals surface area contributed by atoms with Crippen LogP contribution in [0.5, 0.6) is 0 Å². The van der Waals surface area contributed by atoms with Gasteiger partial charge in [0.25, 0.3) is 0 Å². The molecular weight excluding hydrogens is 238 g/mol. The Labute approximate surface area is 114 Å². The Bertz CT molecular complexity index is 453. The Morgan fingerprint density at radius 2 is 1.95 bits per heavy atom. The molecule has 2 N–H and O–H groups in total. The average Bonchev–Trinajstić information content (AvgIpc) is 2.97. The van der Waals surface area contributed by atoms with Crippen molar-refractivity contribution in [3.8, 4) is 0 Å². The molecule has 1 unspecified atom stereocenters. The van der Waals surface area contributed by atoms with Gasteiger partial charge in [-0.05, 0) is 31.0 Å². The van der Waals surface area contributed by atoms with E-state index in [1.54, 1.807) is 6.26 Å². The van der Waals surface area contributed by atoms with E-state index in [4.69, 9.17) is 4.42 Å². The molecule has 2 rings (SSSR count). The highest BCUT2D eigenvalue weighted by Crippen LogP contribution is 2.14. The van der Waals surface area contributed by atoms with E-state index in [0.717, 1.165) is 24.2 Å². The van der Waals surface area contributed by atoms with Gasteiger partial charge in [0, 0.05) is 12.5 Å². The summed E-state index contributed by atoms with van der Waals surface area (Å²) in [7, 11) is 0.